The van der Waals surface area contributed by atoms with Crippen molar-refractivity contribution in [3.63, 3.8) is 0 Å². The number of nitrogens with zero attached hydrogens (tertiary/aromatic N) is 1. The zero-order chi connectivity index (χ0) is 9.99. The maximum atomic E-state index is 10.2. The Morgan fingerprint density at radius 1 is 1.07 bits per heavy atom. The molecule has 78 valence electrons. The summed E-state index contributed by atoms with van der Waals surface area (Å²) in [5, 5.41) is 0. The number of hydrogen-bond donors (Lipinski definition) is 2. The number of hydrogen-bond acceptors (Lipinski definition) is 5. The molecule has 2 N–H and O–H groups in total. The van der Waals surface area contributed by atoms with Crippen molar-refractivity contribution in [3.8, 4) is 0 Å². The molecular weight excluding hydrogens is 260 g/mol. The average Bonchev–Trinajstić information content (AvgIpc) is 1.77. The molecule has 0 saturated heterocycles. The molecule has 0 atom stereocenters. The van der Waals surface area contributed by atoms with E-state index in [0.29, 0.717) is 0 Å². The predicted molar refractivity (Wildman–Crippen MR) is 50.9 cm³/mol. The molecule has 0 aliphatic heterocycles. The molecule has 0 saturated carbocycles. The van der Waals surface area contributed by atoms with Gasteiger partial charge in [-0.1, -0.05) is 0 Å². The van der Waals surface area contributed by atoms with E-state index in [9.17, 15) is 16.8 Å². The Hall–Kier alpha value is 1.74. The van der Waals surface area contributed by atoms with Crippen LogP contribution in [0.4, 0.5) is 0 Å². The van der Waals surface area contributed by atoms with Gasteiger partial charge in [-0.2, -0.15) is 16.8 Å². The SMILES string of the molecule is CCON(S(=O)(=O)O)S(=O)(=O)O.[NaH].[NaH]. The molecule has 8 nitrogen and oxygen atoms in total. The molecule has 0 aliphatic carbocycles. The fraction of sp³-hybridized carbons (Fsp3) is 1.00. The van der Waals surface area contributed by atoms with Gasteiger partial charge in [0.2, 0.25) is 0 Å². The molecule has 0 rings (SSSR count). The molecule has 0 aromatic heterocycles. The van der Waals surface area contributed by atoms with Crippen molar-refractivity contribution in [2.24, 2.45) is 0 Å². The van der Waals surface area contributed by atoms with E-state index in [1.54, 1.807) is 0 Å². The molecule has 0 aliphatic rings. The van der Waals surface area contributed by atoms with Crippen LogP contribution in [-0.2, 0) is 25.4 Å². The minimum absolute atomic E-state index is 0. The van der Waals surface area contributed by atoms with Crippen molar-refractivity contribution in [3.05, 3.63) is 0 Å². The van der Waals surface area contributed by atoms with Crippen molar-refractivity contribution in [1.82, 2.24) is 3.87 Å². The summed E-state index contributed by atoms with van der Waals surface area (Å²) in [5.74, 6) is 0. The minimum atomic E-state index is -5.11. The summed E-state index contributed by atoms with van der Waals surface area (Å²) in [5.41, 5.74) is 0. The summed E-state index contributed by atoms with van der Waals surface area (Å²) in [6.07, 6.45) is 0. The van der Waals surface area contributed by atoms with Crippen molar-refractivity contribution in [1.29, 1.82) is 0 Å². The van der Waals surface area contributed by atoms with E-state index in [4.69, 9.17) is 9.11 Å². The zero-order valence-electron chi connectivity index (χ0n) is 5.91. The summed E-state index contributed by atoms with van der Waals surface area (Å²) >= 11 is 0. The van der Waals surface area contributed by atoms with E-state index < -0.39 is 24.5 Å². The first-order valence-corrected chi connectivity index (χ1v) is 5.37. The molecule has 0 unspecified atom stereocenters. The van der Waals surface area contributed by atoms with Crippen molar-refractivity contribution < 1.29 is 30.8 Å². The molecule has 14 heavy (non-hydrogen) atoms. The summed E-state index contributed by atoms with van der Waals surface area (Å²) in [7, 11) is -10.2. The average molecular weight is 269 g/mol. The molecule has 0 radical (unpaired) electrons. The second-order valence-corrected chi connectivity index (χ2v) is 4.22. The van der Waals surface area contributed by atoms with Gasteiger partial charge in [0.25, 0.3) is 0 Å². The summed E-state index contributed by atoms with van der Waals surface area (Å²) < 4.78 is 56.2. The Labute approximate surface area is 126 Å². The van der Waals surface area contributed by atoms with E-state index in [1.807, 2.05) is 0 Å². The molecular formula is C2H9NNa2O7S2. The van der Waals surface area contributed by atoms with Crippen LogP contribution in [-0.4, -0.2) is 95.5 Å². The van der Waals surface area contributed by atoms with Gasteiger partial charge in [-0.15, -0.1) is 0 Å². The molecule has 12 heteroatoms. The monoisotopic (exact) mass is 269 g/mol. The van der Waals surface area contributed by atoms with E-state index >= 15 is 0 Å². The van der Waals surface area contributed by atoms with Gasteiger partial charge in [-0.05, 0) is 6.92 Å². The van der Waals surface area contributed by atoms with E-state index in [1.165, 1.54) is 6.92 Å². The van der Waals surface area contributed by atoms with Gasteiger partial charge in [0.05, 0.1) is 10.5 Å². The van der Waals surface area contributed by atoms with Gasteiger partial charge in [-0.3, -0.25) is 13.9 Å². The molecule has 0 aromatic rings. The van der Waals surface area contributed by atoms with Crippen LogP contribution in [0.1, 0.15) is 6.92 Å². The van der Waals surface area contributed by atoms with Gasteiger partial charge in [0.1, 0.15) is 0 Å². The van der Waals surface area contributed by atoms with Gasteiger partial charge >= 0.3 is 79.7 Å². The summed E-state index contributed by atoms with van der Waals surface area (Å²) in [6.45, 7) is 0.920. The summed E-state index contributed by atoms with van der Waals surface area (Å²) in [4.78, 5) is 3.93. The third-order valence-corrected chi connectivity index (χ3v) is 2.71. The van der Waals surface area contributed by atoms with Crippen molar-refractivity contribution >= 4 is 79.7 Å². The van der Waals surface area contributed by atoms with E-state index in [2.05, 4.69) is 4.84 Å². The van der Waals surface area contributed by atoms with Gasteiger partial charge in [0, 0.05) is 0 Å². The topological polar surface area (TPSA) is 121 Å². The standard InChI is InChI=1S/C2H7NO7S2.2Na.2H/c1-2-10-3(11(4,5)6)12(7,8)9;;;;/h2H2,1H3,(H,4,5,6)(H,7,8,9);;;;. The Balaban J connectivity index is -0.000000605. The molecule has 0 fully saturated rings. The first kappa shape index (κ1) is 21.1. The first-order chi connectivity index (χ1) is 5.19. The number of rotatable bonds is 4. The molecule has 0 aromatic carbocycles. The molecule has 0 heterocycles. The van der Waals surface area contributed by atoms with Crippen molar-refractivity contribution in [2.45, 2.75) is 6.92 Å². The Kier molecular flexibility index (Phi) is 11.9. The van der Waals surface area contributed by atoms with Crippen LogP contribution in [0, 0.1) is 0 Å². The fourth-order valence-electron chi connectivity index (χ4n) is 0.358. The van der Waals surface area contributed by atoms with Crippen LogP contribution in [0.3, 0.4) is 0 Å². The third-order valence-electron chi connectivity index (χ3n) is 0.611. The zero-order valence-corrected chi connectivity index (χ0v) is 7.54. The second-order valence-electron chi connectivity index (χ2n) is 1.54. The van der Waals surface area contributed by atoms with Crippen LogP contribution in [0.15, 0.2) is 0 Å². The van der Waals surface area contributed by atoms with Gasteiger partial charge in [0.15, 0.2) is 0 Å². The Bertz CT molecular complexity index is 303. The maximum absolute atomic E-state index is 10.2. The normalized spacial score (nSPS) is 11.7. The fourth-order valence-corrected chi connectivity index (χ4v) is 1.79. The molecule has 0 spiro atoms. The predicted octanol–water partition coefficient (Wildman–Crippen LogP) is -2.45. The van der Waals surface area contributed by atoms with E-state index in [-0.39, 0.29) is 65.7 Å². The summed E-state index contributed by atoms with van der Waals surface area (Å²) in [6, 6.07) is 0. The van der Waals surface area contributed by atoms with Crippen LogP contribution in [0.2, 0.25) is 0 Å². The van der Waals surface area contributed by atoms with Crippen LogP contribution >= 0.6 is 0 Å². The quantitative estimate of drug-likeness (QED) is 0.330. The third kappa shape index (κ3) is 7.96. The second kappa shape index (κ2) is 7.92. The van der Waals surface area contributed by atoms with Crippen LogP contribution < -0.4 is 0 Å². The van der Waals surface area contributed by atoms with E-state index in [0.717, 1.165) is 0 Å². The Morgan fingerprint density at radius 3 is 1.43 bits per heavy atom. The van der Waals surface area contributed by atoms with Crippen LogP contribution in [0.25, 0.3) is 0 Å². The van der Waals surface area contributed by atoms with Gasteiger partial charge < -0.3 is 0 Å². The molecule has 0 bridgehead atoms. The Morgan fingerprint density at radius 2 is 1.36 bits per heavy atom. The van der Waals surface area contributed by atoms with Gasteiger partial charge in [-0.25, -0.2) is 0 Å². The molecule has 0 amide bonds. The first-order valence-electron chi connectivity index (χ1n) is 2.58. The van der Waals surface area contributed by atoms with Crippen LogP contribution in [0.5, 0.6) is 0 Å². The van der Waals surface area contributed by atoms with Crippen molar-refractivity contribution in [2.75, 3.05) is 6.61 Å².